The number of carboxylic acids is 1. The SMILES string of the molecule is O=C(O)Cn1c(C23CC4CC(CC(C4)C2)C3)csc1=O. The first-order chi connectivity index (χ1) is 9.56. The van der Waals surface area contributed by atoms with E-state index in [1.807, 2.05) is 5.38 Å². The number of hydrogen-bond donors (Lipinski definition) is 1. The summed E-state index contributed by atoms with van der Waals surface area (Å²) >= 11 is 1.17. The maximum atomic E-state index is 12.0. The first-order valence-corrected chi connectivity index (χ1v) is 8.34. The van der Waals surface area contributed by atoms with E-state index in [1.54, 1.807) is 0 Å². The highest BCUT2D eigenvalue weighted by molar-refractivity contribution is 7.07. The van der Waals surface area contributed by atoms with E-state index in [4.69, 9.17) is 5.11 Å². The molecule has 4 aliphatic rings. The highest BCUT2D eigenvalue weighted by Crippen LogP contribution is 2.60. The molecule has 5 heteroatoms. The topological polar surface area (TPSA) is 59.3 Å². The standard InChI is InChI=1S/C15H19NO3S/c17-13(18)7-16-12(8-20-14(16)19)15-4-9-1-10(5-15)3-11(2-9)6-15/h8-11H,1-7H2,(H,17,18). The normalized spacial score (nSPS) is 38.3. The Morgan fingerprint density at radius 1 is 1.25 bits per heavy atom. The summed E-state index contributed by atoms with van der Waals surface area (Å²) in [4.78, 5) is 22.9. The van der Waals surface area contributed by atoms with Crippen molar-refractivity contribution in [1.82, 2.24) is 4.57 Å². The van der Waals surface area contributed by atoms with Crippen LogP contribution in [0.2, 0.25) is 0 Å². The van der Waals surface area contributed by atoms with E-state index in [9.17, 15) is 9.59 Å². The molecule has 0 spiro atoms. The number of hydrogen-bond acceptors (Lipinski definition) is 3. The highest BCUT2D eigenvalue weighted by atomic mass is 32.1. The number of aromatic nitrogens is 1. The van der Waals surface area contributed by atoms with Crippen LogP contribution in [0.4, 0.5) is 0 Å². The van der Waals surface area contributed by atoms with Crippen molar-refractivity contribution in [3.8, 4) is 0 Å². The molecule has 4 saturated carbocycles. The van der Waals surface area contributed by atoms with Crippen molar-refractivity contribution in [1.29, 1.82) is 0 Å². The fourth-order valence-electron chi connectivity index (χ4n) is 5.45. The minimum atomic E-state index is -0.920. The Hall–Kier alpha value is -1.10. The van der Waals surface area contributed by atoms with Crippen LogP contribution in [0.3, 0.4) is 0 Å². The summed E-state index contributed by atoms with van der Waals surface area (Å²) in [5.74, 6) is 1.48. The molecule has 108 valence electrons. The van der Waals surface area contributed by atoms with Crippen molar-refractivity contribution >= 4 is 17.3 Å². The molecule has 1 N–H and O–H groups in total. The van der Waals surface area contributed by atoms with Crippen LogP contribution in [0, 0.1) is 17.8 Å². The lowest BCUT2D eigenvalue weighted by atomic mass is 9.49. The fourth-order valence-corrected chi connectivity index (χ4v) is 6.33. The Labute approximate surface area is 121 Å². The van der Waals surface area contributed by atoms with E-state index in [-0.39, 0.29) is 16.8 Å². The van der Waals surface area contributed by atoms with E-state index in [0.717, 1.165) is 42.7 Å². The predicted octanol–water partition coefficient (Wildman–Crippen LogP) is 2.46. The second kappa shape index (κ2) is 4.20. The maximum absolute atomic E-state index is 12.0. The summed E-state index contributed by atoms with van der Waals surface area (Å²) in [6.07, 6.45) is 7.55. The summed E-state index contributed by atoms with van der Waals surface area (Å²) in [5, 5.41) is 11.0. The van der Waals surface area contributed by atoms with E-state index in [0.29, 0.717) is 0 Å². The van der Waals surface area contributed by atoms with Crippen molar-refractivity contribution < 1.29 is 9.90 Å². The molecule has 4 bridgehead atoms. The van der Waals surface area contributed by atoms with Gasteiger partial charge in [-0.15, -0.1) is 0 Å². The van der Waals surface area contributed by atoms with Crippen LogP contribution in [0.25, 0.3) is 0 Å². The number of rotatable bonds is 3. The van der Waals surface area contributed by atoms with Gasteiger partial charge in [0.25, 0.3) is 0 Å². The highest BCUT2D eigenvalue weighted by Gasteiger charge is 2.52. The number of carbonyl (C=O) groups is 1. The molecule has 0 aliphatic heterocycles. The second-order valence-corrected chi connectivity index (χ2v) is 7.89. The van der Waals surface area contributed by atoms with Gasteiger partial charge in [-0.3, -0.25) is 14.2 Å². The van der Waals surface area contributed by atoms with E-state index < -0.39 is 5.97 Å². The third-order valence-corrected chi connectivity index (χ3v) is 6.42. The summed E-state index contributed by atoms with van der Waals surface area (Å²) in [6.45, 7) is -0.181. The van der Waals surface area contributed by atoms with Gasteiger partial charge in [0.15, 0.2) is 0 Å². The zero-order chi connectivity index (χ0) is 13.9. The van der Waals surface area contributed by atoms with E-state index in [1.165, 1.54) is 35.2 Å². The van der Waals surface area contributed by atoms with Crippen LogP contribution in [-0.2, 0) is 16.8 Å². The summed E-state index contributed by atoms with van der Waals surface area (Å²) in [6, 6.07) is 0. The lowest BCUT2D eigenvalue weighted by Crippen LogP contribution is -2.50. The van der Waals surface area contributed by atoms with Gasteiger partial charge in [-0.05, 0) is 56.3 Å². The third-order valence-electron chi connectivity index (χ3n) is 5.66. The molecule has 20 heavy (non-hydrogen) atoms. The van der Waals surface area contributed by atoms with E-state index >= 15 is 0 Å². The number of thiazole rings is 1. The molecule has 1 heterocycles. The van der Waals surface area contributed by atoms with Gasteiger partial charge >= 0.3 is 10.8 Å². The molecular formula is C15H19NO3S. The summed E-state index contributed by atoms with van der Waals surface area (Å²) in [7, 11) is 0. The molecule has 0 radical (unpaired) electrons. The second-order valence-electron chi connectivity index (χ2n) is 7.06. The molecule has 4 aliphatic carbocycles. The Kier molecular flexibility index (Phi) is 2.65. The van der Waals surface area contributed by atoms with Gasteiger partial charge in [0.1, 0.15) is 6.54 Å². The zero-order valence-corrected chi connectivity index (χ0v) is 12.2. The fraction of sp³-hybridized carbons (Fsp3) is 0.733. The Morgan fingerprint density at radius 2 is 1.80 bits per heavy atom. The van der Waals surface area contributed by atoms with Crippen molar-refractivity contribution in [2.45, 2.75) is 50.5 Å². The average Bonchev–Trinajstić information content (AvgIpc) is 2.69. The van der Waals surface area contributed by atoms with E-state index in [2.05, 4.69) is 0 Å². The molecule has 0 unspecified atom stereocenters. The molecule has 1 aromatic rings. The maximum Gasteiger partial charge on any atom is 0.323 e. The lowest BCUT2D eigenvalue weighted by molar-refractivity contribution is -0.137. The molecular weight excluding hydrogens is 274 g/mol. The summed E-state index contributed by atoms with van der Waals surface area (Å²) < 4.78 is 1.53. The molecule has 1 aromatic heterocycles. The van der Waals surface area contributed by atoms with Gasteiger partial charge in [0, 0.05) is 16.5 Å². The Bertz CT molecular complexity index is 580. The van der Waals surface area contributed by atoms with Crippen molar-refractivity contribution in [2.24, 2.45) is 17.8 Å². The largest absolute Gasteiger partial charge is 0.480 e. The molecule has 0 atom stereocenters. The van der Waals surface area contributed by atoms with Crippen LogP contribution in [0.5, 0.6) is 0 Å². The van der Waals surface area contributed by atoms with Gasteiger partial charge in [0.2, 0.25) is 0 Å². The summed E-state index contributed by atoms with van der Waals surface area (Å²) in [5.41, 5.74) is 1.12. The van der Waals surface area contributed by atoms with Gasteiger partial charge in [-0.25, -0.2) is 0 Å². The Balaban J connectivity index is 1.77. The van der Waals surface area contributed by atoms with Gasteiger partial charge in [-0.2, -0.15) is 0 Å². The molecule has 0 saturated heterocycles. The zero-order valence-electron chi connectivity index (χ0n) is 11.4. The molecule has 0 aromatic carbocycles. The third kappa shape index (κ3) is 1.79. The quantitative estimate of drug-likeness (QED) is 0.931. The lowest BCUT2D eigenvalue weighted by Gasteiger charge is -2.56. The van der Waals surface area contributed by atoms with Crippen LogP contribution in [0.15, 0.2) is 10.2 Å². The first-order valence-electron chi connectivity index (χ1n) is 7.46. The van der Waals surface area contributed by atoms with Crippen LogP contribution in [0.1, 0.15) is 44.2 Å². The molecule has 5 rings (SSSR count). The average molecular weight is 293 g/mol. The van der Waals surface area contributed by atoms with Gasteiger partial charge < -0.3 is 5.11 Å². The molecule has 4 nitrogen and oxygen atoms in total. The smallest absolute Gasteiger partial charge is 0.323 e. The number of carboxylic acid groups (broad SMARTS) is 1. The van der Waals surface area contributed by atoms with Crippen LogP contribution >= 0.6 is 11.3 Å². The molecule has 0 amide bonds. The predicted molar refractivity (Wildman–Crippen MR) is 76.1 cm³/mol. The van der Waals surface area contributed by atoms with Crippen molar-refractivity contribution in [2.75, 3.05) is 0 Å². The number of aliphatic carboxylic acids is 1. The Morgan fingerprint density at radius 3 is 2.30 bits per heavy atom. The van der Waals surface area contributed by atoms with Crippen LogP contribution < -0.4 is 4.87 Å². The first kappa shape index (κ1) is 12.6. The molecule has 4 fully saturated rings. The monoisotopic (exact) mass is 293 g/mol. The van der Waals surface area contributed by atoms with Gasteiger partial charge in [-0.1, -0.05) is 11.3 Å². The van der Waals surface area contributed by atoms with Crippen LogP contribution in [-0.4, -0.2) is 15.6 Å². The van der Waals surface area contributed by atoms with Crippen molar-refractivity contribution in [3.05, 3.63) is 20.7 Å². The van der Waals surface area contributed by atoms with Gasteiger partial charge in [0.05, 0.1) is 0 Å². The van der Waals surface area contributed by atoms with Crippen molar-refractivity contribution in [3.63, 3.8) is 0 Å². The number of nitrogens with zero attached hydrogens (tertiary/aromatic N) is 1. The minimum Gasteiger partial charge on any atom is -0.480 e. The minimum absolute atomic E-state index is 0.101.